The van der Waals surface area contributed by atoms with Crippen LogP contribution in [0, 0.1) is 5.21 Å². The third kappa shape index (κ3) is 1.84. The van der Waals surface area contributed by atoms with Crippen molar-refractivity contribution >= 4 is 0 Å². The number of hydrogen-bond acceptors (Lipinski definition) is 3. The van der Waals surface area contributed by atoms with Crippen LogP contribution in [0.2, 0.25) is 0 Å². The van der Waals surface area contributed by atoms with Gasteiger partial charge in [-0.15, -0.1) is 4.94 Å². The van der Waals surface area contributed by atoms with Gasteiger partial charge >= 0.3 is 0 Å². The molecule has 26 valence electrons. The summed E-state index contributed by atoms with van der Waals surface area (Å²) in [5.74, 6) is 4.16. The van der Waals surface area contributed by atoms with E-state index in [0.29, 0.717) is 0 Å². The minimum Gasteiger partial charge on any atom is -0.600 e. The molecular formula is H4N2O2. The predicted molar refractivity (Wildman–Crippen MR) is 10.6 cm³/mol. The van der Waals surface area contributed by atoms with Crippen molar-refractivity contribution in [3.63, 3.8) is 0 Å². The summed E-state index contributed by atoms with van der Waals surface area (Å²) in [6.45, 7) is 0. The highest BCUT2D eigenvalue weighted by atomic mass is 16.9. The molecule has 0 heterocycles. The van der Waals surface area contributed by atoms with E-state index >= 15 is 0 Å². The van der Waals surface area contributed by atoms with Crippen LogP contribution in [0.5, 0.6) is 0 Å². The lowest BCUT2D eigenvalue weighted by Crippen LogP contribution is -2.77. The van der Waals surface area contributed by atoms with E-state index in [1.807, 2.05) is 0 Å². The Bertz CT molecular complexity index is 6.00. The highest BCUT2D eigenvalue weighted by Gasteiger charge is 1.41. The molecule has 0 saturated carbocycles. The third-order valence-corrected chi connectivity index (χ3v) is 0.0556. The Balaban J connectivity index is 1.97. The molecule has 0 unspecified atom stereocenters. The minimum atomic E-state index is 0.153. The maximum Gasteiger partial charge on any atom is -0.115 e. The van der Waals surface area contributed by atoms with E-state index in [9.17, 15) is 0 Å². The Kier molecular flexibility index (Phi) is 2.73. The van der Waals surface area contributed by atoms with Gasteiger partial charge in [0.2, 0.25) is 0 Å². The molecule has 4 heavy (non-hydrogen) atoms. The summed E-state index contributed by atoms with van der Waals surface area (Å²) in [5, 5.41) is 8.83. The maximum atomic E-state index is 8.83. The molecule has 4 nitrogen and oxygen atoms in total. The second-order valence-electron chi connectivity index (χ2n) is 0.232. The van der Waals surface area contributed by atoms with Gasteiger partial charge in [0.1, 0.15) is 0 Å². The fraction of sp³-hybridized carbons (Fsp3) is 0. The van der Waals surface area contributed by atoms with E-state index in [4.69, 9.17) is 5.21 Å². The monoisotopic (exact) mass is 64.0 g/mol. The van der Waals surface area contributed by atoms with Crippen molar-refractivity contribution in [2.75, 3.05) is 0 Å². The second-order valence-corrected chi connectivity index (χ2v) is 0.232. The first kappa shape index (κ1) is 3.84. The molecule has 0 atom stereocenters. The summed E-state index contributed by atoms with van der Waals surface area (Å²) >= 11 is 0. The quantitative estimate of drug-likeness (QED) is 0.341. The zero-order valence-corrected chi connectivity index (χ0v) is 1.97. The van der Waals surface area contributed by atoms with Crippen molar-refractivity contribution in [1.82, 2.24) is 0 Å². The van der Waals surface area contributed by atoms with Crippen LogP contribution in [0.15, 0.2) is 0 Å². The number of quaternary nitrogens is 1. The molecule has 0 aliphatic rings. The van der Waals surface area contributed by atoms with Gasteiger partial charge < -0.3 is 5.21 Å². The Morgan fingerprint density at radius 1 is 2.00 bits per heavy atom. The molecule has 0 fully saturated rings. The van der Waals surface area contributed by atoms with Crippen LogP contribution in [0.3, 0.4) is 0 Å². The molecule has 4 N–H and O–H groups in total. The van der Waals surface area contributed by atoms with E-state index in [1.165, 1.54) is 0 Å². The standard InChI is InChI=1S/H4N2O2/c1-4-2-3/h1-2H2. The zero-order chi connectivity index (χ0) is 3.41. The van der Waals surface area contributed by atoms with Crippen molar-refractivity contribution in [3.8, 4) is 0 Å². The van der Waals surface area contributed by atoms with Gasteiger partial charge in [0.05, 0.1) is 0 Å². The van der Waals surface area contributed by atoms with Crippen molar-refractivity contribution < 1.29 is 10.6 Å². The van der Waals surface area contributed by atoms with Crippen LogP contribution in [0.25, 0.3) is 0 Å². The lowest BCUT2D eigenvalue weighted by Gasteiger charge is -1.86. The average Bonchev–Trinajstić information content (AvgIpc) is 1.37. The van der Waals surface area contributed by atoms with E-state index in [0.717, 1.165) is 0 Å². The molecule has 0 rings (SSSR count). The molecule has 0 aromatic rings. The highest BCUT2D eigenvalue weighted by Crippen LogP contribution is 0.973. The lowest BCUT2D eigenvalue weighted by molar-refractivity contribution is -0.854. The summed E-state index contributed by atoms with van der Waals surface area (Å²) < 4.78 is 0. The molecule has 0 aromatic carbocycles. The first-order chi connectivity index (χ1) is 1.91. The van der Waals surface area contributed by atoms with Gasteiger partial charge in [0.15, 0.2) is 0 Å². The fourth-order valence-electron chi connectivity index (χ4n) is 0. The first-order valence-corrected chi connectivity index (χ1v) is 0.707. The van der Waals surface area contributed by atoms with Crippen LogP contribution >= 0.6 is 0 Å². The van der Waals surface area contributed by atoms with Crippen molar-refractivity contribution in [2.45, 2.75) is 0 Å². The summed E-state index contributed by atoms with van der Waals surface area (Å²) in [6.07, 6.45) is 0. The van der Waals surface area contributed by atoms with Gasteiger partial charge in [-0.05, 0) is 0 Å². The highest BCUT2D eigenvalue weighted by molar-refractivity contribution is 3.68. The zero-order valence-electron chi connectivity index (χ0n) is 1.97. The summed E-state index contributed by atoms with van der Waals surface area (Å²) in [6, 6.07) is 0. The molecule has 0 aliphatic carbocycles. The smallest absolute Gasteiger partial charge is 0.115 e. The molecule has 0 amide bonds. The van der Waals surface area contributed by atoms with E-state index in [-0.39, 0.29) is 5.64 Å². The molecule has 0 spiro atoms. The van der Waals surface area contributed by atoms with E-state index in [2.05, 4.69) is 10.8 Å². The van der Waals surface area contributed by atoms with Crippen molar-refractivity contribution in [1.29, 1.82) is 0 Å². The van der Waals surface area contributed by atoms with Crippen LogP contribution in [0.4, 0.5) is 0 Å². The SMILES string of the molecule is NO[NH2+][O-]. The van der Waals surface area contributed by atoms with Crippen molar-refractivity contribution in [2.24, 2.45) is 5.90 Å². The van der Waals surface area contributed by atoms with Gasteiger partial charge in [-0.2, -0.15) is 5.90 Å². The molecule has 0 radical (unpaired) electrons. The maximum absolute atomic E-state index is 8.83. The molecule has 4 heteroatoms. The van der Waals surface area contributed by atoms with Crippen LogP contribution < -0.4 is 11.5 Å². The summed E-state index contributed by atoms with van der Waals surface area (Å²) in [7, 11) is 0. The second kappa shape index (κ2) is 2.84. The van der Waals surface area contributed by atoms with E-state index in [1.54, 1.807) is 0 Å². The normalized spacial score (nSPS) is 7.50. The summed E-state index contributed by atoms with van der Waals surface area (Å²) in [5.41, 5.74) is 0.153. The minimum absolute atomic E-state index is 0.153. The van der Waals surface area contributed by atoms with Gasteiger partial charge in [0, 0.05) is 0 Å². The molecule has 0 aliphatic heterocycles. The van der Waals surface area contributed by atoms with Gasteiger partial charge in [-0.1, -0.05) is 0 Å². The Morgan fingerprint density at radius 3 is 2.25 bits per heavy atom. The third-order valence-electron chi connectivity index (χ3n) is 0.0556. The van der Waals surface area contributed by atoms with Gasteiger partial charge in [-0.25, -0.2) is 5.64 Å². The van der Waals surface area contributed by atoms with Crippen LogP contribution in [-0.4, -0.2) is 0 Å². The number of nitrogens with two attached hydrogens (primary N) is 2. The van der Waals surface area contributed by atoms with Gasteiger partial charge in [0.25, 0.3) is 0 Å². The Hall–Kier alpha value is -0.160. The van der Waals surface area contributed by atoms with Crippen LogP contribution in [0.1, 0.15) is 0 Å². The van der Waals surface area contributed by atoms with Crippen molar-refractivity contribution in [3.05, 3.63) is 5.21 Å². The molecule has 0 aromatic heterocycles. The first-order valence-electron chi connectivity index (χ1n) is 0.707. The van der Waals surface area contributed by atoms with E-state index < -0.39 is 0 Å². The lowest BCUT2D eigenvalue weighted by atomic mass is 13.1. The topological polar surface area (TPSA) is 74.9 Å². The molecule has 0 bridgehead atoms. The number of rotatable bonds is 1. The average molecular weight is 64.0 g/mol. The number of hydrogen-bond donors (Lipinski definition) is 2. The summed E-state index contributed by atoms with van der Waals surface area (Å²) in [4.78, 5) is 3.36. The predicted octanol–water partition coefficient (Wildman–Crippen LogP) is -2.15. The largest absolute Gasteiger partial charge is 0.600 e. The Labute approximate surface area is 23.0 Å². The molecule has 0 saturated heterocycles. The Morgan fingerprint density at radius 2 is 2.25 bits per heavy atom. The molecular weight excluding hydrogens is 60.0 g/mol. The van der Waals surface area contributed by atoms with Crippen LogP contribution in [-0.2, 0) is 4.94 Å². The van der Waals surface area contributed by atoms with Gasteiger partial charge in [-0.3, -0.25) is 0 Å². The fourth-order valence-corrected chi connectivity index (χ4v) is 0.